The fourth-order valence-electron chi connectivity index (χ4n) is 3.25. The van der Waals surface area contributed by atoms with Gasteiger partial charge in [0.1, 0.15) is 11.9 Å². The number of carbonyl (C=O) groups excluding carboxylic acids is 2. The van der Waals surface area contributed by atoms with Crippen LogP contribution in [0.4, 0.5) is 0 Å². The quantitative estimate of drug-likeness (QED) is 0.497. The van der Waals surface area contributed by atoms with Gasteiger partial charge in [-0.15, -0.1) is 0 Å². The Morgan fingerprint density at radius 3 is 2.66 bits per heavy atom. The summed E-state index contributed by atoms with van der Waals surface area (Å²) in [4.78, 5) is 32.3. The van der Waals surface area contributed by atoms with Crippen molar-refractivity contribution < 1.29 is 14.3 Å². The van der Waals surface area contributed by atoms with Crippen molar-refractivity contribution in [1.29, 1.82) is 0 Å². The molecule has 7 nitrogen and oxygen atoms in total. The Morgan fingerprint density at radius 2 is 1.90 bits per heavy atom. The van der Waals surface area contributed by atoms with Crippen molar-refractivity contribution in [2.24, 2.45) is 7.05 Å². The summed E-state index contributed by atoms with van der Waals surface area (Å²) in [5.41, 5.74) is 2.12. The third-order valence-corrected chi connectivity index (χ3v) is 4.70. The summed E-state index contributed by atoms with van der Waals surface area (Å²) in [6.45, 7) is -0.383. The van der Waals surface area contributed by atoms with Crippen LogP contribution in [0.25, 0.3) is 10.9 Å². The zero-order valence-electron chi connectivity index (χ0n) is 15.8. The van der Waals surface area contributed by atoms with Gasteiger partial charge in [-0.3, -0.25) is 4.79 Å². The predicted octanol–water partition coefficient (Wildman–Crippen LogP) is 2.96. The minimum atomic E-state index is -0.550. The highest BCUT2D eigenvalue weighted by atomic mass is 16.5. The van der Waals surface area contributed by atoms with E-state index in [2.05, 4.69) is 15.3 Å². The number of carbonyl (C=O) groups is 2. The summed E-state index contributed by atoms with van der Waals surface area (Å²) in [6.07, 6.45) is 5.08. The highest BCUT2D eigenvalue weighted by Gasteiger charge is 2.22. The highest BCUT2D eigenvalue weighted by molar-refractivity contribution is 6.04. The van der Waals surface area contributed by atoms with E-state index >= 15 is 0 Å². The summed E-state index contributed by atoms with van der Waals surface area (Å²) in [7, 11) is 1.86. The average Bonchev–Trinajstić information content (AvgIpc) is 3.37. The third-order valence-electron chi connectivity index (χ3n) is 4.70. The Balaban J connectivity index is 1.46. The molecule has 2 heterocycles. The number of rotatable bonds is 6. The molecule has 2 aromatic heterocycles. The van der Waals surface area contributed by atoms with E-state index in [0.29, 0.717) is 11.4 Å². The molecule has 4 rings (SSSR count). The average molecular weight is 388 g/mol. The summed E-state index contributed by atoms with van der Waals surface area (Å²) >= 11 is 0. The molecule has 2 aromatic carbocycles. The van der Waals surface area contributed by atoms with Crippen LogP contribution in [0.3, 0.4) is 0 Å². The van der Waals surface area contributed by atoms with E-state index < -0.39 is 17.9 Å². The first-order valence-corrected chi connectivity index (χ1v) is 9.18. The number of esters is 1. The first-order chi connectivity index (χ1) is 14.1. The molecule has 0 saturated carbocycles. The van der Waals surface area contributed by atoms with Crippen LogP contribution in [0.2, 0.25) is 0 Å². The van der Waals surface area contributed by atoms with E-state index in [1.54, 1.807) is 12.4 Å². The third kappa shape index (κ3) is 3.89. The number of aryl methyl sites for hydroxylation is 1. The molecule has 1 atom stereocenters. The number of hydrogen-bond acceptors (Lipinski definition) is 4. The molecule has 4 aromatic rings. The highest BCUT2D eigenvalue weighted by Crippen LogP contribution is 2.21. The molecule has 0 spiro atoms. The number of nitrogens with zero attached hydrogens (tertiary/aromatic N) is 2. The monoisotopic (exact) mass is 388 g/mol. The van der Waals surface area contributed by atoms with Crippen LogP contribution in [0.1, 0.15) is 27.8 Å². The smallest absolute Gasteiger partial charge is 0.340 e. The van der Waals surface area contributed by atoms with Crippen LogP contribution < -0.4 is 5.32 Å². The van der Waals surface area contributed by atoms with Crippen molar-refractivity contribution in [3.8, 4) is 0 Å². The largest absolute Gasteiger partial charge is 0.452 e. The molecule has 7 heteroatoms. The van der Waals surface area contributed by atoms with Gasteiger partial charge in [0.15, 0.2) is 6.61 Å². The van der Waals surface area contributed by atoms with Crippen LogP contribution in [0, 0.1) is 0 Å². The van der Waals surface area contributed by atoms with Crippen molar-refractivity contribution >= 4 is 22.8 Å². The number of benzene rings is 2. The molecular weight excluding hydrogens is 368 g/mol. The molecule has 0 aliphatic carbocycles. The van der Waals surface area contributed by atoms with Gasteiger partial charge in [0.25, 0.3) is 5.91 Å². The van der Waals surface area contributed by atoms with E-state index in [-0.39, 0.29) is 6.61 Å². The van der Waals surface area contributed by atoms with Gasteiger partial charge in [0.2, 0.25) is 0 Å². The molecule has 146 valence electrons. The minimum absolute atomic E-state index is 0.383. The molecule has 0 aliphatic rings. The number of ether oxygens (including phenoxy) is 1. The summed E-state index contributed by atoms with van der Waals surface area (Å²) in [5, 5.41) is 3.66. The van der Waals surface area contributed by atoms with Gasteiger partial charge >= 0.3 is 5.97 Å². The van der Waals surface area contributed by atoms with E-state index in [4.69, 9.17) is 4.74 Å². The lowest BCUT2D eigenvalue weighted by molar-refractivity contribution is -0.124. The van der Waals surface area contributed by atoms with E-state index in [9.17, 15) is 9.59 Å². The number of amides is 1. The number of fused-ring (bicyclic) bond motifs is 1. The topological polar surface area (TPSA) is 89.0 Å². The fourth-order valence-corrected chi connectivity index (χ4v) is 3.25. The number of aromatic amines is 1. The number of para-hydroxylation sites is 1. The van der Waals surface area contributed by atoms with Gasteiger partial charge in [-0.1, -0.05) is 48.5 Å². The number of hydrogen-bond donors (Lipinski definition) is 2. The zero-order valence-corrected chi connectivity index (χ0v) is 15.8. The predicted molar refractivity (Wildman–Crippen MR) is 108 cm³/mol. The van der Waals surface area contributed by atoms with E-state index in [1.807, 2.05) is 72.4 Å². The lowest BCUT2D eigenvalue weighted by Gasteiger charge is -2.19. The molecule has 0 aliphatic heterocycles. The fraction of sp³-hybridized carbons (Fsp3) is 0.136. The molecule has 1 amide bonds. The number of imidazole rings is 1. The van der Waals surface area contributed by atoms with Crippen LogP contribution in [0.5, 0.6) is 0 Å². The zero-order chi connectivity index (χ0) is 20.2. The standard InChI is InChI=1S/C22H20N4O3/c1-26-12-11-23-21(26)20(15-7-3-2-4-8-15)25-19(27)14-29-22(28)17-13-24-18-10-6-5-9-16(17)18/h2-13,20,24H,14H2,1H3,(H,25,27). The Morgan fingerprint density at radius 1 is 1.14 bits per heavy atom. The van der Waals surface area contributed by atoms with Crippen molar-refractivity contribution in [2.75, 3.05) is 6.61 Å². The van der Waals surface area contributed by atoms with Gasteiger partial charge in [0, 0.05) is 36.5 Å². The lowest BCUT2D eigenvalue weighted by atomic mass is 10.1. The SMILES string of the molecule is Cn1ccnc1C(NC(=O)COC(=O)c1c[nH]c2ccccc12)c1ccccc1. The molecule has 0 fully saturated rings. The first-order valence-electron chi connectivity index (χ1n) is 9.18. The van der Waals surface area contributed by atoms with Crippen molar-refractivity contribution in [1.82, 2.24) is 19.9 Å². The van der Waals surface area contributed by atoms with Gasteiger partial charge in [-0.2, -0.15) is 0 Å². The molecule has 0 saturated heterocycles. The van der Waals surface area contributed by atoms with Crippen LogP contribution in [0.15, 0.2) is 73.2 Å². The Bertz CT molecular complexity index is 1150. The molecule has 2 N–H and O–H groups in total. The summed E-state index contributed by atoms with van der Waals surface area (Å²) in [6, 6.07) is 16.5. The minimum Gasteiger partial charge on any atom is -0.452 e. The van der Waals surface area contributed by atoms with Crippen molar-refractivity contribution in [3.63, 3.8) is 0 Å². The van der Waals surface area contributed by atoms with E-state index in [0.717, 1.165) is 16.5 Å². The Hall–Kier alpha value is -3.87. The molecule has 1 unspecified atom stereocenters. The second-order valence-electron chi connectivity index (χ2n) is 6.63. The summed E-state index contributed by atoms with van der Waals surface area (Å²) in [5.74, 6) is -0.270. The number of nitrogens with one attached hydrogen (secondary N) is 2. The van der Waals surface area contributed by atoms with Crippen molar-refractivity contribution in [2.45, 2.75) is 6.04 Å². The van der Waals surface area contributed by atoms with Crippen LogP contribution in [-0.2, 0) is 16.6 Å². The maximum Gasteiger partial charge on any atom is 0.340 e. The second kappa shape index (κ2) is 8.02. The van der Waals surface area contributed by atoms with Gasteiger partial charge in [0.05, 0.1) is 5.56 Å². The molecule has 0 bridgehead atoms. The number of aromatic nitrogens is 3. The maximum absolute atomic E-state index is 12.5. The Kier molecular flexibility index (Phi) is 5.11. The van der Waals surface area contributed by atoms with E-state index in [1.165, 1.54) is 0 Å². The van der Waals surface area contributed by atoms with Crippen molar-refractivity contribution in [3.05, 3.63) is 90.1 Å². The van der Waals surface area contributed by atoms with Gasteiger partial charge in [-0.05, 0) is 11.6 Å². The lowest BCUT2D eigenvalue weighted by Crippen LogP contribution is -2.34. The van der Waals surface area contributed by atoms with Gasteiger partial charge < -0.3 is 19.6 Å². The molecular formula is C22H20N4O3. The first kappa shape index (κ1) is 18.5. The maximum atomic E-state index is 12.5. The van der Waals surface area contributed by atoms with Crippen LogP contribution >= 0.6 is 0 Å². The normalized spacial score (nSPS) is 11.9. The Labute approximate surface area is 167 Å². The molecule has 0 radical (unpaired) electrons. The van der Waals surface area contributed by atoms with Gasteiger partial charge in [-0.25, -0.2) is 9.78 Å². The molecule has 29 heavy (non-hydrogen) atoms. The number of H-pyrrole nitrogens is 1. The second-order valence-corrected chi connectivity index (χ2v) is 6.63. The van der Waals surface area contributed by atoms with Crippen LogP contribution in [-0.4, -0.2) is 33.0 Å². The summed E-state index contributed by atoms with van der Waals surface area (Å²) < 4.78 is 7.09.